The Morgan fingerprint density at radius 2 is 1.79 bits per heavy atom. The van der Waals surface area contributed by atoms with Crippen LogP contribution >= 0.6 is 0 Å². The maximum atomic E-state index is 10.8. The molecule has 3 N–H and O–H groups in total. The van der Waals surface area contributed by atoms with E-state index in [-0.39, 0.29) is 5.95 Å². The molecule has 0 atom stereocenters. The van der Waals surface area contributed by atoms with Crippen LogP contribution in [0.2, 0.25) is 0 Å². The number of para-hydroxylation sites is 2. The third-order valence-electron chi connectivity index (χ3n) is 4.59. The summed E-state index contributed by atoms with van der Waals surface area (Å²) in [5.74, 6) is 0.487. The monoisotopic (exact) mass is 449 g/mol. The van der Waals surface area contributed by atoms with Crippen molar-refractivity contribution in [2.24, 2.45) is 5.10 Å². The number of carboxylic acids is 1. The van der Waals surface area contributed by atoms with Crippen LogP contribution in [0, 0.1) is 0 Å². The number of hydrogen-bond donors (Lipinski definition) is 3. The fraction of sp³-hybridized carbons (Fsp3) is 0.227. The molecule has 0 spiro atoms. The van der Waals surface area contributed by atoms with E-state index >= 15 is 0 Å². The van der Waals surface area contributed by atoms with E-state index in [0.717, 1.165) is 5.69 Å². The summed E-state index contributed by atoms with van der Waals surface area (Å²) < 4.78 is 10.7. The standard InChI is InChI=1S/C22H23N7O4/c30-19(31)15-33-18-9-5-4-6-16(18)14-23-28-21-25-20(24-17-7-2-1-3-8-17)26-22(27-21)29-10-12-32-13-11-29/h1-9,14H,10-13,15H2,(H,30,31)(H2,24,25,26,27,28). The zero-order valence-electron chi connectivity index (χ0n) is 17.7. The summed E-state index contributed by atoms with van der Waals surface area (Å²) in [6, 6.07) is 16.6. The van der Waals surface area contributed by atoms with Gasteiger partial charge in [0, 0.05) is 24.3 Å². The first kappa shape index (κ1) is 22.0. The Morgan fingerprint density at radius 1 is 1.06 bits per heavy atom. The van der Waals surface area contributed by atoms with Gasteiger partial charge in [-0.1, -0.05) is 30.3 Å². The molecule has 1 aromatic heterocycles. The van der Waals surface area contributed by atoms with Gasteiger partial charge in [0.15, 0.2) is 6.61 Å². The molecule has 0 radical (unpaired) electrons. The van der Waals surface area contributed by atoms with Crippen molar-refractivity contribution < 1.29 is 19.4 Å². The second-order valence-corrected chi connectivity index (χ2v) is 6.96. The maximum Gasteiger partial charge on any atom is 0.341 e. The maximum absolute atomic E-state index is 10.8. The van der Waals surface area contributed by atoms with Crippen molar-refractivity contribution in [2.45, 2.75) is 0 Å². The van der Waals surface area contributed by atoms with Gasteiger partial charge in [0.2, 0.25) is 17.8 Å². The Kier molecular flexibility index (Phi) is 7.23. The van der Waals surface area contributed by atoms with Crippen molar-refractivity contribution in [3.8, 4) is 5.75 Å². The molecule has 1 fully saturated rings. The predicted molar refractivity (Wildman–Crippen MR) is 123 cm³/mol. The summed E-state index contributed by atoms with van der Waals surface area (Å²) in [5, 5.41) is 16.2. The van der Waals surface area contributed by atoms with Gasteiger partial charge in [0.25, 0.3) is 0 Å². The molecule has 0 saturated carbocycles. The SMILES string of the molecule is O=C(O)COc1ccccc1C=NNc1nc(Nc2ccccc2)nc(N2CCOCC2)n1. The number of ether oxygens (including phenoxy) is 2. The highest BCUT2D eigenvalue weighted by molar-refractivity contribution is 5.84. The number of morpholine rings is 1. The second-order valence-electron chi connectivity index (χ2n) is 6.96. The molecular formula is C22H23N7O4. The minimum atomic E-state index is -1.06. The number of aliphatic carboxylic acids is 1. The number of aromatic nitrogens is 3. The van der Waals surface area contributed by atoms with Gasteiger partial charge in [-0.3, -0.25) is 0 Å². The smallest absolute Gasteiger partial charge is 0.341 e. The number of hydrogen-bond acceptors (Lipinski definition) is 10. The van der Waals surface area contributed by atoms with Gasteiger partial charge in [-0.05, 0) is 24.3 Å². The van der Waals surface area contributed by atoms with E-state index in [2.05, 4.69) is 30.8 Å². The number of anilines is 4. The molecule has 0 bridgehead atoms. The molecule has 0 aliphatic carbocycles. The lowest BCUT2D eigenvalue weighted by Gasteiger charge is -2.27. The van der Waals surface area contributed by atoms with Crippen molar-refractivity contribution in [3.05, 3.63) is 60.2 Å². The zero-order valence-corrected chi connectivity index (χ0v) is 17.7. The summed E-state index contributed by atoms with van der Waals surface area (Å²) in [7, 11) is 0. The Bertz CT molecular complexity index is 1100. The van der Waals surface area contributed by atoms with Crippen LogP contribution in [0.5, 0.6) is 5.75 Å². The van der Waals surface area contributed by atoms with E-state index in [1.807, 2.05) is 35.2 Å². The zero-order chi connectivity index (χ0) is 22.9. The Morgan fingerprint density at radius 3 is 2.58 bits per heavy atom. The van der Waals surface area contributed by atoms with E-state index in [1.54, 1.807) is 24.3 Å². The topological polar surface area (TPSA) is 134 Å². The summed E-state index contributed by atoms with van der Waals surface area (Å²) >= 11 is 0. The molecule has 2 heterocycles. The Balaban J connectivity index is 1.54. The van der Waals surface area contributed by atoms with Crippen molar-refractivity contribution in [3.63, 3.8) is 0 Å². The van der Waals surface area contributed by atoms with Crippen LogP contribution < -0.4 is 20.4 Å². The predicted octanol–water partition coefficient (Wildman–Crippen LogP) is 2.36. The highest BCUT2D eigenvalue weighted by Gasteiger charge is 2.16. The molecular weight excluding hydrogens is 426 g/mol. The lowest BCUT2D eigenvalue weighted by atomic mass is 10.2. The third kappa shape index (κ3) is 6.37. The van der Waals surface area contributed by atoms with Crippen LogP contribution in [0.25, 0.3) is 0 Å². The van der Waals surface area contributed by atoms with Crippen molar-refractivity contribution in [1.29, 1.82) is 0 Å². The number of nitrogens with one attached hydrogen (secondary N) is 2. The molecule has 0 unspecified atom stereocenters. The molecule has 11 heteroatoms. The average Bonchev–Trinajstić information content (AvgIpc) is 2.84. The molecule has 33 heavy (non-hydrogen) atoms. The van der Waals surface area contributed by atoms with E-state index < -0.39 is 12.6 Å². The number of carboxylic acid groups (broad SMARTS) is 1. The van der Waals surface area contributed by atoms with Gasteiger partial charge in [-0.2, -0.15) is 20.1 Å². The van der Waals surface area contributed by atoms with Gasteiger partial charge in [0.1, 0.15) is 5.75 Å². The molecule has 2 aromatic carbocycles. The van der Waals surface area contributed by atoms with Gasteiger partial charge in [0.05, 0.1) is 19.4 Å². The molecule has 11 nitrogen and oxygen atoms in total. The Hall–Kier alpha value is -4.25. The van der Waals surface area contributed by atoms with Gasteiger partial charge >= 0.3 is 5.97 Å². The third-order valence-corrected chi connectivity index (χ3v) is 4.59. The Labute approximate surface area is 190 Å². The molecule has 3 aromatic rings. The average molecular weight is 449 g/mol. The molecule has 1 aliphatic heterocycles. The van der Waals surface area contributed by atoms with Gasteiger partial charge in [-0.25, -0.2) is 10.2 Å². The van der Waals surface area contributed by atoms with Crippen molar-refractivity contribution >= 4 is 35.7 Å². The summed E-state index contributed by atoms with van der Waals surface area (Å²) in [6.45, 7) is 2.10. The fourth-order valence-corrected chi connectivity index (χ4v) is 3.04. The number of hydrazone groups is 1. The van der Waals surface area contributed by atoms with Gasteiger partial charge in [-0.15, -0.1) is 0 Å². The number of benzene rings is 2. The number of carbonyl (C=O) groups is 1. The molecule has 1 saturated heterocycles. The van der Waals surface area contributed by atoms with E-state index in [9.17, 15) is 4.79 Å². The largest absolute Gasteiger partial charge is 0.481 e. The lowest BCUT2D eigenvalue weighted by molar-refractivity contribution is -0.139. The van der Waals surface area contributed by atoms with Gasteiger partial charge < -0.3 is 24.8 Å². The highest BCUT2D eigenvalue weighted by atomic mass is 16.5. The summed E-state index contributed by atoms with van der Waals surface area (Å²) in [5.41, 5.74) is 4.28. The number of nitrogens with zero attached hydrogens (tertiary/aromatic N) is 5. The van der Waals surface area contributed by atoms with E-state index in [4.69, 9.17) is 14.6 Å². The minimum absolute atomic E-state index is 0.255. The van der Waals surface area contributed by atoms with E-state index in [1.165, 1.54) is 6.21 Å². The van der Waals surface area contributed by atoms with Crippen molar-refractivity contribution in [1.82, 2.24) is 15.0 Å². The van der Waals surface area contributed by atoms with Crippen LogP contribution in [0.4, 0.5) is 23.5 Å². The van der Waals surface area contributed by atoms with Crippen LogP contribution in [-0.4, -0.2) is 65.2 Å². The normalized spacial score (nSPS) is 13.6. The summed E-state index contributed by atoms with van der Waals surface area (Å²) in [4.78, 5) is 26.3. The number of rotatable bonds is 9. The summed E-state index contributed by atoms with van der Waals surface area (Å²) in [6.07, 6.45) is 1.51. The second kappa shape index (κ2) is 10.9. The quantitative estimate of drug-likeness (QED) is 0.330. The van der Waals surface area contributed by atoms with Crippen LogP contribution in [-0.2, 0) is 9.53 Å². The molecule has 4 rings (SSSR count). The fourth-order valence-electron chi connectivity index (χ4n) is 3.04. The van der Waals surface area contributed by atoms with Crippen molar-refractivity contribution in [2.75, 3.05) is 48.6 Å². The first-order valence-corrected chi connectivity index (χ1v) is 10.3. The van der Waals surface area contributed by atoms with Crippen LogP contribution in [0.15, 0.2) is 59.7 Å². The molecule has 0 amide bonds. The lowest BCUT2D eigenvalue weighted by Crippen LogP contribution is -2.37. The highest BCUT2D eigenvalue weighted by Crippen LogP contribution is 2.19. The minimum Gasteiger partial charge on any atom is -0.481 e. The first-order chi connectivity index (χ1) is 16.2. The molecule has 1 aliphatic rings. The first-order valence-electron chi connectivity index (χ1n) is 10.3. The van der Waals surface area contributed by atoms with Crippen LogP contribution in [0.3, 0.4) is 0 Å². The van der Waals surface area contributed by atoms with E-state index in [0.29, 0.717) is 49.5 Å². The molecule has 170 valence electrons. The van der Waals surface area contributed by atoms with Crippen LogP contribution in [0.1, 0.15) is 5.56 Å².